The molecule has 1 aromatic carbocycles. The molecule has 6 nitrogen and oxygen atoms in total. The minimum absolute atomic E-state index is 0.0302. The van der Waals surface area contributed by atoms with Gasteiger partial charge in [-0.3, -0.25) is 4.72 Å². The molecule has 0 aliphatic heterocycles. The van der Waals surface area contributed by atoms with Gasteiger partial charge in [0.1, 0.15) is 0 Å². The number of nitrogens with two attached hydrogens (primary N) is 1. The molecule has 0 saturated carbocycles. The van der Waals surface area contributed by atoms with Crippen LogP contribution in [0.4, 0.5) is 11.4 Å². The van der Waals surface area contributed by atoms with Gasteiger partial charge in [-0.25, -0.2) is 13.2 Å². The normalized spacial score (nSPS) is 12.2. The summed E-state index contributed by atoms with van der Waals surface area (Å²) in [5, 5.41) is 8.98. The maximum atomic E-state index is 12.0. The number of carboxylic acids is 1. The molecular formula is C11H16N2O4S. The van der Waals surface area contributed by atoms with Crippen molar-refractivity contribution in [2.45, 2.75) is 25.5 Å². The molecule has 0 aromatic heterocycles. The number of carboxylic acid groups (broad SMARTS) is 1. The Morgan fingerprint density at radius 2 is 1.89 bits per heavy atom. The molecule has 18 heavy (non-hydrogen) atoms. The van der Waals surface area contributed by atoms with Crippen molar-refractivity contribution in [1.82, 2.24) is 0 Å². The molecule has 0 spiro atoms. The molecule has 1 rings (SSSR count). The van der Waals surface area contributed by atoms with E-state index in [4.69, 9.17) is 10.8 Å². The third-order valence-corrected chi connectivity index (χ3v) is 4.43. The van der Waals surface area contributed by atoms with Crippen LogP contribution in [-0.2, 0) is 10.0 Å². The van der Waals surface area contributed by atoms with Crippen molar-refractivity contribution in [2.75, 3.05) is 10.5 Å². The van der Waals surface area contributed by atoms with E-state index in [0.29, 0.717) is 0 Å². The van der Waals surface area contributed by atoms with Crippen LogP contribution in [0.15, 0.2) is 18.2 Å². The first-order valence-corrected chi connectivity index (χ1v) is 6.68. The number of rotatable bonds is 3. The van der Waals surface area contributed by atoms with E-state index in [-0.39, 0.29) is 16.9 Å². The van der Waals surface area contributed by atoms with Gasteiger partial charge < -0.3 is 10.8 Å². The highest BCUT2D eigenvalue weighted by molar-refractivity contribution is 7.94. The van der Waals surface area contributed by atoms with Crippen molar-refractivity contribution in [3.63, 3.8) is 0 Å². The topological polar surface area (TPSA) is 109 Å². The lowest BCUT2D eigenvalue weighted by Gasteiger charge is -2.21. The van der Waals surface area contributed by atoms with Crippen LogP contribution >= 0.6 is 0 Å². The first-order valence-electron chi connectivity index (χ1n) is 5.20. The van der Waals surface area contributed by atoms with Gasteiger partial charge in [0.2, 0.25) is 10.0 Å². The Bertz CT molecular complexity index is 573. The predicted molar refractivity (Wildman–Crippen MR) is 70.1 cm³/mol. The fraction of sp³-hybridized carbons (Fsp3) is 0.364. The highest BCUT2D eigenvalue weighted by atomic mass is 32.2. The highest BCUT2D eigenvalue weighted by Gasteiger charge is 2.30. The lowest BCUT2D eigenvalue weighted by Crippen LogP contribution is -2.34. The van der Waals surface area contributed by atoms with Crippen molar-refractivity contribution >= 4 is 27.4 Å². The Kier molecular flexibility index (Phi) is 3.57. The van der Waals surface area contributed by atoms with Gasteiger partial charge in [-0.1, -0.05) is 0 Å². The zero-order chi connectivity index (χ0) is 14.1. The van der Waals surface area contributed by atoms with Crippen molar-refractivity contribution in [3.05, 3.63) is 23.8 Å². The number of hydrogen-bond donors (Lipinski definition) is 3. The molecule has 0 unspecified atom stereocenters. The van der Waals surface area contributed by atoms with Gasteiger partial charge in [-0.2, -0.15) is 0 Å². The van der Waals surface area contributed by atoms with E-state index < -0.39 is 20.7 Å². The summed E-state index contributed by atoms with van der Waals surface area (Å²) in [4.78, 5) is 11.0. The predicted octanol–water partition coefficient (Wildman–Crippen LogP) is 1.51. The van der Waals surface area contributed by atoms with Crippen molar-refractivity contribution in [3.8, 4) is 0 Å². The summed E-state index contributed by atoms with van der Waals surface area (Å²) in [7, 11) is -3.69. The zero-order valence-corrected chi connectivity index (χ0v) is 11.2. The molecule has 0 aliphatic carbocycles. The Morgan fingerprint density at radius 3 is 2.33 bits per heavy atom. The average molecular weight is 272 g/mol. The van der Waals surface area contributed by atoms with E-state index in [1.165, 1.54) is 39.0 Å². The van der Waals surface area contributed by atoms with Gasteiger partial charge in [0.05, 0.1) is 16.0 Å². The molecule has 0 aliphatic rings. The summed E-state index contributed by atoms with van der Waals surface area (Å²) in [6, 6.07) is 3.95. The molecule has 0 saturated heterocycles. The molecule has 7 heteroatoms. The molecular weight excluding hydrogens is 256 g/mol. The van der Waals surface area contributed by atoms with Crippen molar-refractivity contribution < 1.29 is 18.3 Å². The lowest BCUT2D eigenvalue weighted by molar-refractivity contribution is 0.0698. The van der Waals surface area contributed by atoms with E-state index in [1.807, 2.05) is 0 Å². The zero-order valence-electron chi connectivity index (χ0n) is 10.4. The molecule has 0 atom stereocenters. The lowest BCUT2D eigenvalue weighted by atomic mass is 10.1. The van der Waals surface area contributed by atoms with Gasteiger partial charge in [-0.05, 0) is 39.0 Å². The number of anilines is 2. The Labute approximate surface area is 106 Å². The fourth-order valence-corrected chi connectivity index (χ4v) is 1.90. The Hall–Kier alpha value is -1.76. The number of carbonyl (C=O) groups is 1. The summed E-state index contributed by atoms with van der Waals surface area (Å²) >= 11 is 0. The number of aromatic carboxylic acids is 1. The molecule has 0 radical (unpaired) electrons. The summed E-state index contributed by atoms with van der Waals surface area (Å²) in [6.07, 6.45) is 0. The van der Waals surface area contributed by atoms with E-state index in [2.05, 4.69) is 4.72 Å². The summed E-state index contributed by atoms with van der Waals surface area (Å²) in [5.74, 6) is -1.22. The number of nitrogens with one attached hydrogen (secondary N) is 1. The average Bonchev–Trinajstić information content (AvgIpc) is 2.14. The van der Waals surface area contributed by atoms with Crippen LogP contribution in [0.25, 0.3) is 0 Å². The number of hydrogen-bond acceptors (Lipinski definition) is 4. The van der Waals surface area contributed by atoms with Gasteiger partial charge in [0.15, 0.2) is 0 Å². The van der Waals surface area contributed by atoms with Crippen molar-refractivity contribution in [1.29, 1.82) is 0 Å². The summed E-state index contributed by atoms with van der Waals surface area (Å²) < 4.78 is 25.1. The fourth-order valence-electron chi connectivity index (χ4n) is 1.13. The van der Waals surface area contributed by atoms with Crippen LogP contribution in [-0.4, -0.2) is 24.2 Å². The van der Waals surface area contributed by atoms with Crippen LogP contribution < -0.4 is 10.5 Å². The SMILES string of the molecule is CC(C)(C)S(=O)(=O)Nc1cc(N)ccc1C(=O)O. The van der Waals surface area contributed by atoms with Gasteiger partial charge in [0.25, 0.3) is 0 Å². The molecule has 100 valence electrons. The van der Waals surface area contributed by atoms with Gasteiger partial charge >= 0.3 is 5.97 Å². The maximum Gasteiger partial charge on any atom is 0.337 e. The molecule has 1 aromatic rings. The third-order valence-electron chi connectivity index (χ3n) is 2.32. The van der Waals surface area contributed by atoms with E-state index in [0.717, 1.165) is 0 Å². The number of benzene rings is 1. The van der Waals surface area contributed by atoms with E-state index in [1.54, 1.807) is 0 Å². The van der Waals surface area contributed by atoms with Crippen molar-refractivity contribution in [2.24, 2.45) is 0 Å². The smallest absolute Gasteiger partial charge is 0.337 e. The third kappa shape index (κ3) is 2.92. The largest absolute Gasteiger partial charge is 0.478 e. The van der Waals surface area contributed by atoms with Crippen LogP contribution in [0.2, 0.25) is 0 Å². The monoisotopic (exact) mass is 272 g/mol. The minimum Gasteiger partial charge on any atom is -0.478 e. The molecule has 0 fully saturated rings. The van der Waals surface area contributed by atoms with Crippen LogP contribution in [0, 0.1) is 0 Å². The van der Waals surface area contributed by atoms with Crippen LogP contribution in [0.3, 0.4) is 0 Å². The second kappa shape index (κ2) is 4.49. The minimum atomic E-state index is -3.69. The Morgan fingerprint density at radius 1 is 1.33 bits per heavy atom. The maximum absolute atomic E-state index is 12.0. The van der Waals surface area contributed by atoms with Crippen LogP contribution in [0.5, 0.6) is 0 Å². The summed E-state index contributed by atoms with van der Waals surface area (Å²) in [6.45, 7) is 4.55. The van der Waals surface area contributed by atoms with E-state index >= 15 is 0 Å². The quantitative estimate of drug-likeness (QED) is 0.722. The Balaban J connectivity index is 3.27. The first kappa shape index (κ1) is 14.3. The molecule has 0 bridgehead atoms. The standard InChI is InChI=1S/C11H16N2O4S/c1-11(2,3)18(16,17)13-9-6-7(12)4-5-8(9)10(14)15/h4-6,13H,12H2,1-3H3,(H,14,15). The molecule has 0 heterocycles. The molecule has 4 N–H and O–H groups in total. The molecule has 0 amide bonds. The van der Waals surface area contributed by atoms with Crippen LogP contribution in [0.1, 0.15) is 31.1 Å². The first-order chi connectivity index (χ1) is 8.04. The second-order valence-electron chi connectivity index (χ2n) is 4.83. The van der Waals surface area contributed by atoms with E-state index in [9.17, 15) is 13.2 Å². The highest BCUT2D eigenvalue weighted by Crippen LogP contribution is 2.24. The van der Waals surface area contributed by atoms with Gasteiger partial charge in [-0.15, -0.1) is 0 Å². The number of sulfonamides is 1. The second-order valence-corrected chi connectivity index (χ2v) is 7.26. The summed E-state index contributed by atoms with van der Waals surface area (Å²) in [5.41, 5.74) is 5.64. The van der Waals surface area contributed by atoms with Gasteiger partial charge in [0, 0.05) is 5.69 Å². The number of nitrogen functional groups attached to an aromatic ring is 1.